The lowest BCUT2D eigenvalue weighted by atomic mass is 10.2. The van der Waals surface area contributed by atoms with Crippen molar-refractivity contribution in [3.8, 4) is 0 Å². The maximum atomic E-state index is 11.8. The molecule has 6 nitrogen and oxygen atoms in total. The Labute approximate surface area is 125 Å². The van der Waals surface area contributed by atoms with E-state index in [2.05, 4.69) is 27.4 Å². The van der Waals surface area contributed by atoms with Crippen LogP contribution >= 0.6 is 0 Å². The molecule has 1 amide bonds. The second-order valence-electron chi connectivity index (χ2n) is 5.06. The predicted octanol–water partition coefficient (Wildman–Crippen LogP) is 0.964. The molecule has 1 unspecified atom stereocenters. The van der Waals surface area contributed by atoms with Crippen LogP contribution in [0.1, 0.15) is 24.3 Å². The quantitative estimate of drug-likeness (QED) is 0.817. The first-order valence-corrected chi connectivity index (χ1v) is 7.55. The Morgan fingerprint density at radius 2 is 2.38 bits per heavy atom. The Hall–Kier alpha value is -1.66. The Kier molecular flexibility index (Phi) is 5.95. The Morgan fingerprint density at radius 1 is 1.52 bits per heavy atom. The van der Waals surface area contributed by atoms with E-state index in [1.807, 2.05) is 13.0 Å². The summed E-state index contributed by atoms with van der Waals surface area (Å²) in [7, 11) is 0. The molecule has 1 atom stereocenters. The van der Waals surface area contributed by atoms with Crippen molar-refractivity contribution in [1.82, 2.24) is 15.2 Å². The summed E-state index contributed by atoms with van der Waals surface area (Å²) in [5, 5.41) is 6.07. The standard InChI is InChI=1S/C15H24N4O2/c1-3-16-15(20)14-9-12(5-6-17-14)18-10-13-11-19(4-2)7-8-21-13/h5-6,9,13H,3-4,7-8,10-11H2,1-2H3,(H,16,20)(H,17,18). The molecule has 1 aromatic rings. The minimum absolute atomic E-state index is 0.146. The highest BCUT2D eigenvalue weighted by Gasteiger charge is 2.18. The maximum absolute atomic E-state index is 11.8. The molecule has 0 aliphatic carbocycles. The fourth-order valence-electron chi connectivity index (χ4n) is 2.34. The topological polar surface area (TPSA) is 66.5 Å². The van der Waals surface area contributed by atoms with Gasteiger partial charge in [-0.25, -0.2) is 0 Å². The first kappa shape index (κ1) is 15.7. The van der Waals surface area contributed by atoms with Gasteiger partial charge in [0.15, 0.2) is 0 Å². The average molecular weight is 292 g/mol. The molecule has 0 bridgehead atoms. The second kappa shape index (κ2) is 7.95. The Balaban J connectivity index is 1.88. The van der Waals surface area contributed by atoms with Gasteiger partial charge in [0, 0.05) is 38.1 Å². The molecule has 2 N–H and O–H groups in total. The first-order valence-electron chi connectivity index (χ1n) is 7.55. The van der Waals surface area contributed by atoms with Crippen molar-refractivity contribution in [2.75, 3.05) is 44.6 Å². The van der Waals surface area contributed by atoms with Crippen LogP contribution < -0.4 is 10.6 Å². The molecule has 1 fully saturated rings. The van der Waals surface area contributed by atoms with Crippen LogP contribution in [0.4, 0.5) is 5.69 Å². The van der Waals surface area contributed by atoms with E-state index in [0.29, 0.717) is 12.2 Å². The number of carbonyl (C=O) groups is 1. The predicted molar refractivity (Wildman–Crippen MR) is 82.6 cm³/mol. The van der Waals surface area contributed by atoms with Gasteiger partial charge in [-0.1, -0.05) is 6.92 Å². The van der Waals surface area contributed by atoms with Crippen molar-refractivity contribution in [1.29, 1.82) is 0 Å². The molecule has 0 spiro atoms. The molecule has 1 aromatic heterocycles. The lowest BCUT2D eigenvalue weighted by molar-refractivity contribution is -0.0191. The van der Waals surface area contributed by atoms with Crippen LogP contribution in [0.15, 0.2) is 18.3 Å². The van der Waals surface area contributed by atoms with Crippen LogP contribution in [-0.4, -0.2) is 61.2 Å². The summed E-state index contributed by atoms with van der Waals surface area (Å²) in [5.74, 6) is -0.146. The number of rotatable bonds is 6. The van der Waals surface area contributed by atoms with Crippen molar-refractivity contribution in [3.63, 3.8) is 0 Å². The zero-order valence-electron chi connectivity index (χ0n) is 12.8. The molecule has 1 aliphatic heterocycles. The number of aromatic nitrogens is 1. The summed E-state index contributed by atoms with van der Waals surface area (Å²) in [4.78, 5) is 18.2. The van der Waals surface area contributed by atoms with Gasteiger partial charge in [0.25, 0.3) is 5.91 Å². The van der Waals surface area contributed by atoms with E-state index in [0.717, 1.165) is 38.5 Å². The van der Waals surface area contributed by atoms with E-state index in [9.17, 15) is 4.79 Å². The van der Waals surface area contributed by atoms with Gasteiger partial charge in [-0.15, -0.1) is 0 Å². The lowest BCUT2D eigenvalue weighted by Gasteiger charge is -2.32. The van der Waals surface area contributed by atoms with Crippen LogP contribution in [0.3, 0.4) is 0 Å². The van der Waals surface area contributed by atoms with E-state index in [1.54, 1.807) is 12.3 Å². The average Bonchev–Trinajstić information content (AvgIpc) is 2.53. The number of morpholine rings is 1. The first-order chi connectivity index (χ1) is 10.2. The Morgan fingerprint density at radius 3 is 3.14 bits per heavy atom. The monoisotopic (exact) mass is 292 g/mol. The molecular weight excluding hydrogens is 268 g/mol. The zero-order chi connectivity index (χ0) is 15.1. The van der Waals surface area contributed by atoms with E-state index in [4.69, 9.17) is 4.74 Å². The van der Waals surface area contributed by atoms with Crippen LogP contribution in [0, 0.1) is 0 Å². The number of nitrogens with zero attached hydrogens (tertiary/aromatic N) is 2. The van der Waals surface area contributed by atoms with Gasteiger partial charge in [-0.3, -0.25) is 14.7 Å². The highest BCUT2D eigenvalue weighted by Crippen LogP contribution is 2.10. The van der Waals surface area contributed by atoms with E-state index < -0.39 is 0 Å². The SMILES string of the molecule is CCNC(=O)c1cc(NCC2CN(CC)CCO2)ccn1. The fraction of sp³-hybridized carbons (Fsp3) is 0.600. The van der Waals surface area contributed by atoms with Crippen molar-refractivity contribution in [3.05, 3.63) is 24.0 Å². The molecule has 0 saturated carbocycles. The van der Waals surface area contributed by atoms with Gasteiger partial charge in [0.1, 0.15) is 5.69 Å². The van der Waals surface area contributed by atoms with Crippen molar-refractivity contribution in [2.45, 2.75) is 20.0 Å². The summed E-state index contributed by atoms with van der Waals surface area (Å²) < 4.78 is 5.75. The van der Waals surface area contributed by atoms with Gasteiger partial charge in [-0.05, 0) is 25.6 Å². The molecule has 0 aromatic carbocycles. The molecule has 21 heavy (non-hydrogen) atoms. The number of nitrogens with one attached hydrogen (secondary N) is 2. The third-order valence-corrected chi connectivity index (χ3v) is 3.53. The molecule has 2 heterocycles. The zero-order valence-corrected chi connectivity index (χ0v) is 12.8. The van der Waals surface area contributed by atoms with Crippen molar-refractivity contribution < 1.29 is 9.53 Å². The molecule has 1 aliphatic rings. The fourth-order valence-corrected chi connectivity index (χ4v) is 2.34. The summed E-state index contributed by atoms with van der Waals surface area (Å²) in [6, 6.07) is 3.63. The van der Waals surface area contributed by atoms with Crippen LogP contribution in [0.5, 0.6) is 0 Å². The molecule has 2 rings (SSSR count). The smallest absolute Gasteiger partial charge is 0.269 e. The third-order valence-electron chi connectivity index (χ3n) is 3.53. The van der Waals surface area contributed by atoms with Crippen molar-refractivity contribution >= 4 is 11.6 Å². The number of pyridine rings is 1. The second-order valence-corrected chi connectivity index (χ2v) is 5.06. The maximum Gasteiger partial charge on any atom is 0.269 e. The van der Waals surface area contributed by atoms with Gasteiger partial charge < -0.3 is 15.4 Å². The van der Waals surface area contributed by atoms with Crippen LogP contribution in [0.2, 0.25) is 0 Å². The number of amides is 1. The molecule has 0 radical (unpaired) electrons. The van der Waals surface area contributed by atoms with E-state index in [1.165, 1.54) is 0 Å². The molecule has 1 saturated heterocycles. The van der Waals surface area contributed by atoms with E-state index >= 15 is 0 Å². The highest BCUT2D eigenvalue weighted by molar-refractivity contribution is 5.93. The lowest BCUT2D eigenvalue weighted by Crippen LogP contribution is -2.45. The molecule has 6 heteroatoms. The normalized spacial score (nSPS) is 19.2. The number of likely N-dealkylation sites (N-methyl/N-ethyl adjacent to an activating group) is 1. The number of hydrogen-bond donors (Lipinski definition) is 2. The van der Waals surface area contributed by atoms with Crippen LogP contribution in [-0.2, 0) is 4.74 Å². The molecular formula is C15H24N4O2. The Bertz CT molecular complexity index is 467. The van der Waals surface area contributed by atoms with Gasteiger partial charge in [-0.2, -0.15) is 0 Å². The highest BCUT2D eigenvalue weighted by atomic mass is 16.5. The largest absolute Gasteiger partial charge is 0.382 e. The number of hydrogen-bond acceptors (Lipinski definition) is 5. The minimum Gasteiger partial charge on any atom is -0.382 e. The summed E-state index contributed by atoms with van der Waals surface area (Å²) in [5.41, 5.74) is 1.32. The minimum atomic E-state index is -0.146. The van der Waals surface area contributed by atoms with E-state index in [-0.39, 0.29) is 12.0 Å². The number of ether oxygens (including phenoxy) is 1. The van der Waals surface area contributed by atoms with Gasteiger partial charge >= 0.3 is 0 Å². The van der Waals surface area contributed by atoms with Gasteiger partial charge in [0.05, 0.1) is 12.7 Å². The summed E-state index contributed by atoms with van der Waals surface area (Å²) in [6.45, 7) is 9.16. The summed E-state index contributed by atoms with van der Waals surface area (Å²) >= 11 is 0. The third kappa shape index (κ3) is 4.68. The molecule has 116 valence electrons. The van der Waals surface area contributed by atoms with Crippen molar-refractivity contribution in [2.24, 2.45) is 0 Å². The summed E-state index contributed by atoms with van der Waals surface area (Å²) in [6.07, 6.45) is 1.83. The van der Waals surface area contributed by atoms with Crippen LogP contribution in [0.25, 0.3) is 0 Å². The number of anilines is 1. The number of carbonyl (C=O) groups excluding carboxylic acids is 1. The van der Waals surface area contributed by atoms with Gasteiger partial charge in [0.2, 0.25) is 0 Å².